The minimum Gasteiger partial charge on any atom is -0.329 e. The number of hydrogen-bond acceptors (Lipinski definition) is 3. The van der Waals surface area contributed by atoms with Gasteiger partial charge in [0, 0.05) is 12.6 Å². The van der Waals surface area contributed by atoms with Crippen LogP contribution in [0.4, 0.5) is 4.39 Å². The Morgan fingerprint density at radius 2 is 1.85 bits per heavy atom. The largest absolute Gasteiger partial charge is 0.329 e. The van der Waals surface area contributed by atoms with E-state index >= 15 is 0 Å². The van der Waals surface area contributed by atoms with Crippen LogP contribution in [0.2, 0.25) is 10.0 Å². The number of hydrogen-bond donors (Lipinski definition) is 2. The fourth-order valence-electron chi connectivity index (χ4n) is 1.88. The number of halogens is 4. The first kappa shape index (κ1) is 17.9. The van der Waals surface area contributed by atoms with Crippen molar-refractivity contribution in [2.24, 2.45) is 11.7 Å². The van der Waals surface area contributed by atoms with Crippen molar-refractivity contribution < 1.29 is 12.8 Å². The van der Waals surface area contributed by atoms with Crippen LogP contribution < -0.4 is 10.5 Å². The van der Waals surface area contributed by atoms with E-state index in [0.717, 1.165) is 25.0 Å². The van der Waals surface area contributed by atoms with Gasteiger partial charge < -0.3 is 5.73 Å². The molecule has 3 N–H and O–H groups in total. The molecule has 0 spiro atoms. The van der Waals surface area contributed by atoms with Crippen molar-refractivity contribution in [2.45, 2.75) is 23.8 Å². The highest BCUT2D eigenvalue weighted by atomic mass is 35.5. The lowest BCUT2D eigenvalue weighted by Gasteiger charge is -2.17. The van der Waals surface area contributed by atoms with Crippen molar-refractivity contribution in [3.63, 3.8) is 0 Å². The summed E-state index contributed by atoms with van der Waals surface area (Å²) in [5.41, 5.74) is 5.55. The van der Waals surface area contributed by atoms with Crippen molar-refractivity contribution >= 4 is 45.6 Å². The van der Waals surface area contributed by atoms with Crippen molar-refractivity contribution in [1.29, 1.82) is 0 Å². The van der Waals surface area contributed by atoms with Gasteiger partial charge in [-0.15, -0.1) is 12.4 Å². The molecule has 114 valence electrons. The number of sulfonamides is 1. The van der Waals surface area contributed by atoms with Crippen LogP contribution >= 0.6 is 35.6 Å². The van der Waals surface area contributed by atoms with Crippen LogP contribution in [0.3, 0.4) is 0 Å². The van der Waals surface area contributed by atoms with E-state index in [9.17, 15) is 12.8 Å². The topological polar surface area (TPSA) is 72.2 Å². The predicted octanol–water partition coefficient (Wildman–Crippen LogP) is 2.57. The summed E-state index contributed by atoms with van der Waals surface area (Å²) in [7, 11) is -3.92. The highest BCUT2D eigenvalue weighted by Crippen LogP contribution is 2.35. The van der Waals surface area contributed by atoms with E-state index in [2.05, 4.69) is 4.72 Å². The first-order valence-electron chi connectivity index (χ1n) is 5.72. The average Bonchev–Trinajstić information content (AvgIpc) is 3.07. The first-order valence-corrected chi connectivity index (χ1v) is 7.96. The molecule has 1 aromatic rings. The van der Waals surface area contributed by atoms with Gasteiger partial charge in [-0.25, -0.2) is 17.5 Å². The standard InChI is InChI=1S/C11H13Cl2FN2O2S.ClH/c12-8-3-7(14)4-9(13)11(8)19(17,18)16-10(5-15)6-1-2-6;/h3-4,6,10,16H,1-2,5,15H2;1H. The molecule has 0 heterocycles. The molecule has 0 amide bonds. The lowest BCUT2D eigenvalue weighted by atomic mass is 10.2. The van der Waals surface area contributed by atoms with Gasteiger partial charge in [0.25, 0.3) is 0 Å². The first-order chi connectivity index (χ1) is 8.85. The second-order valence-corrected chi connectivity index (χ2v) is 6.96. The molecule has 1 saturated carbocycles. The minimum atomic E-state index is -3.92. The average molecular weight is 364 g/mol. The van der Waals surface area contributed by atoms with Gasteiger partial charge in [-0.2, -0.15) is 0 Å². The van der Waals surface area contributed by atoms with Gasteiger partial charge in [0.1, 0.15) is 10.7 Å². The number of nitrogens with two attached hydrogens (primary N) is 1. The van der Waals surface area contributed by atoms with Gasteiger partial charge in [-0.1, -0.05) is 23.2 Å². The molecule has 9 heteroatoms. The maximum atomic E-state index is 13.1. The molecular weight excluding hydrogens is 350 g/mol. The highest BCUT2D eigenvalue weighted by molar-refractivity contribution is 7.89. The molecule has 0 radical (unpaired) electrons. The Bertz CT molecular complexity index is 570. The molecule has 2 rings (SSSR count). The van der Waals surface area contributed by atoms with Gasteiger partial charge in [-0.05, 0) is 30.9 Å². The Morgan fingerprint density at radius 3 is 2.25 bits per heavy atom. The quantitative estimate of drug-likeness (QED) is 0.844. The Morgan fingerprint density at radius 1 is 1.35 bits per heavy atom. The molecule has 0 saturated heterocycles. The number of rotatable bonds is 5. The summed E-state index contributed by atoms with van der Waals surface area (Å²) in [6.07, 6.45) is 1.88. The molecule has 1 aliphatic rings. The predicted molar refractivity (Wildman–Crippen MR) is 79.6 cm³/mol. The van der Waals surface area contributed by atoms with Gasteiger partial charge in [-0.3, -0.25) is 0 Å². The molecule has 1 unspecified atom stereocenters. The lowest BCUT2D eigenvalue weighted by Crippen LogP contribution is -2.41. The third-order valence-corrected chi connectivity index (χ3v) is 5.39. The molecule has 4 nitrogen and oxygen atoms in total. The van der Waals surface area contributed by atoms with E-state index < -0.39 is 15.8 Å². The molecule has 0 bridgehead atoms. The third-order valence-electron chi connectivity index (χ3n) is 2.98. The Labute approximate surface area is 133 Å². The summed E-state index contributed by atoms with van der Waals surface area (Å²) in [6.45, 7) is 0.195. The van der Waals surface area contributed by atoms with Crippen molar-refractivity contribution in [3.05, 3.63) is 28.0 Å². The van der Waals surface area contributed by atoms with E-state index in [4.69, 9.17) is 28.9 Å². The van der Waals surface area contributed by atoms with Gasteiger partial charge in [0.05, 0.1) is 10.0 Å². The van der Waals surface area contributed by atoms with E-state index in [1.807, 2.05) is 0 Å². The van der Waals surface area contributed by atoms with Gasteiger partial charge >= 0.3 is 0 Å². The fourth-order valence-corrected chi connectivity index (χ4v) is 4.39. The van der Waals surface area contributed by atoms with E-state index in [-0.39, 0.29) is 45.9 Å². The molecule has 20 heavy (non-hydrogen) atoms. The van der Waals surface area contributed by atoms with Gasteiger partial charge in [0.15, 0.2) is 0 Å². The van der Waals surface area contributed by atoms with Crippen LogP contribution in [0.5, 0.6) is 0 Å². The fraction of sp³-hybridized carbons (Fsp3) is 0.455. The van der Waals surface area contributed by atoms with E-state index in [0.29, 0.717) is 0 Å². The molecular formula is C11H14Cl3FN2O2S. The van der Waals surface area contributed by atoms with Crippen LogP contribution in [-0.2, 0) is 10.0 Å². The van der Waals surface area contributed by atoms with Gasteiger partial charge in [0.2, 0.25) is 10.0 Å². The Hall–Kier alpha value is -0.110. The van der Waals surface area contributed by atoms with E-state index in [1.165, 1.54) is 0 Å². The van der Waals surface area contributed by atoms with Crippen molar-refractivity contribution in [3.8, 4) is 0 Å². The SMILES string of the molecule is Cl.NCC(NS(=O)(=O)c1c(Cl)cc(F)cc1Cl)C1CC1. The van der Waals surface area contributed by atoms with Crippen LogP contribution in [-0.4, -0.2) is 21.0 Å². The monoisotopic (exact) mass is 362 g/mol. The second kappa shape index (κ2) is 6.77. The third kappa shape index (κ3) is 3.96. The van der Waals surface area contributed by atoms with Crippen molar-refractivity contribution in [2.75, 3.05) is 6.54 Å². The summed E-state index contributed by atoms with van der Waals surface area (Å²) in [6, 6.07) is 1.48. The summed E-state index contributed by atoms with van der Waals surface area (Å²) in [5.74, 6) is -0.440. The molecule has 0 aliphatic heterocycles. The smallest absolute Gasteiger partial charge is 0.243 e. The van der Waals surface area contributed by atoms with Crippen molar-refractivity contribution in [1.82, 2.24) is 4.72 Å². The summed E-state index contributed by atoms with van der Waals surface area (Å²) in [5, 5.41) is -0.492. The Balaban J connectivity index is 0.00000200. The minimum absolute atomic E-state index is 0. The summed E-state index contributed by atoms with van der Waals surface area (Å²) >= 11 is 11.5. The van der Waals surface area contributed by atoms with Crippen LogP contribution in [0.1, 0.15) is 12.8 Å². The van der Waals surface area contributed by atoms with Crippen LogP contribution in [0.15, 0.2) is 17.0 Å². The summed E-state index contributed by atoms with van der Waals surface area (Å²) < 4.78 is 40.0. The Kier molecular flexibility index (Phi) is 6.07. The molecule has 1 aromatic carbocycles. The molecule has 1 aliphatic carbocycles. The lowest BCUT2D eigenvalue weighted by molar-refractivity contribution is 0.519. The van der Waals surface area contributed by atoms with E-state index in [1.54, 1.807) is 0 Å². The number of nitrogens with one attached hydrogen (secondary N) is 1. The zero-order valence-corrected chi connectivity index (χ0v) is 13.4. The number of benzene rings is 1. The normalized spacial score (nSPS) is 16.6. The second-order valence-electron chi connectivity index (χ2n) is 4.50. The zero-order chi connectivity index (χ0) is 14.2. The highest BCUT2D eigenvalue weighted by Gasteiger charge is 2.34. The maximum Gasteiger partial charge on any atom is 0.243 e. The molecule has 1 atom stereocenters. The molecule has 0 aromatic heterocycles. The van der Waals surface area contributed by atoms with Crippen LogP contribution in [0.25, 0.3) is 0 Å². The molecule has 1 fully saturated rings. The maximum absolute atomic E-state index is 13.1. The zero-order valence-electron chi connectivity index (χ0n) is 10.3. The van der Waals surface area contributed by atoms with Crippen LogP contribution in [0, 0.1) is 11.7 Å². The summed E-state index contributed by atoms with van der Waals surface area (Å²) in [4.78, 5) is -0.309.